The summed E-state index contributed by atoms with van der Waals surface area (Å²) in [5.41, 5.74) is 0.973. The van der Waals surface area contributed by atoms with Gasteiger partial charge in [-0.05, 0) is 49.9 Å². The molecule has 0 saturated heterocycles. The van der Waals surface area contributed by atoms with Crippen molar-refractivity contribution in [3.05, 3.63) is 32.7 Å². The summed E-state index contributed by atoms with van der Waals surface area (Å²) in [5, 5.41) is 10.0. The fourth-order valence-corrected chi connectivity index (χ4v) is 2.43. The summed E-state index contributed by atoms with van der Waals surface area (Å²) in [7, 11) is 0. The number of rotatable bonds is 5. The summed E-state index contributed by atoms with van der Waals surface area (Å²) < 4.78 is 1.96. The minimum absolute atomic E-state index is 0.358. The van der Waals surface area contributed by atoms with E-state index in [1.807, 2.05) is 18.2 Å². The Morgan fingerprint density at radius 1 is 1.27 bits per heavy atom. The zero-order valence-electron chi connectivity index (χ0n) is 8.84. The first-order valence-corrected chi connectivity index (χ1v) is 6.87. The lowest BCUT2D eigenvalue weighted by Crippen LogP contribution is -1.98. The van der Waals surface area contributed by atoms with Gasteiger partial charge in [-0.1, -0.05) is 38.3 Å². The molecule has 0 bridgehead atoms. The molecule has 0 aliphatic heterocycles. The lowest BCUT2D eigenvalue weighted by Gasteiger charge is -2.13. The van der Waals surface area contributed by atoms with Gasteiger partial charge in [-0.25, -0.2) is 0 Å². The van der Waals surface area contributed by atoms with Crippen LogP contribution < -0.4 is 0 Å². The van der Waals surface area contributed by atoms with Gasteiger partial charge in [0, 0.05) is 8.95 Å². The van der Waals surface area contributed by atoms with E-state index in [1.165, 1.54) is 12.8 Å². The molecule has 0 radical (unpaired) electrons. The van der Waals surface area contributed by atoms with Crippen LogP contribution in [0, 0.1) is 0 Å². The van der Waals surface area contributed by atoms with Crippen LogP contribution in [0.25, 0.3) is 0 Å². The predicted molar refractivity (Wildman–Crippen MR) is 70.9 cm³/mol. The SMILES string of the molecule is CCCCCC(O)c1cccc(Br)c1Br. The van der Waals surface area contributed by atoms with Gasteiger partial charge in [-0.3, -0.25) is 0 Å². The Kier molecular flexibility index (Phi) is 5.87. The molecule has 1 atom stereocenters. The molecule has 1 nitrogen and oxygen atoms in total. The van der Waals surface area contributed by atoms with Crippen molar-refractivity contribution in [2.45, 2.75) is 38.7 Å². The Labute approximate surface area is 108 Å². The average Bonchev–Trinajstić information content (AvgIpc) is 2.22. The van der Waals surface area contributed by atoms with E-state index >= 15 is 0 Å². The normalized spacial score (nSPS) is 12.8. The number of benzene rings is 1. The van der Waals surface area contributed by atoms with Crippen LogP contribution in [-0.2, 0) is 0 Å². The van der Waals surface area contributed by atoms with Crippen LogP contribution in [0.4, 0.5) is 0 Å². The van der Waals surface area contributed by atoms with Gasteiger partial charge in [0.15, 0.2) is 0 Å². The lowest BCUT2D eigenvalue weighted by atomic mass is 10.0. The molecule has 3 heteroatoms. The maximum absolute atomic E-state index is 10.0. The number of halogens is 2. The average molecular weight is 336 g/mol. The molecule has 0 saturated carbocycles. The molecule has 1 aromatic rings. The first-order valence-electron chi connectivity index (χ1n) is 5.28. The van der Waals surface area contributed by atoms with Crippen LogP contribution in [-0.4, -0.2) is 5.11 Å². The van der Waals surface area contributed by atoms with Gasteiger partial charge < -0.3 is 5.11 Å². The van der Waals surface area contributed by atoms with Crippen molar-refractivity contribution < 1.29 is 5.11 Å². The molecule has 1 aromatic carbocycles. The summed E-state index contributed by atoms with van der Waals surface area (Å²) in [6, 6.07) is 5.88. The molecule has 0 spiro atoms. The summed E-state index contributed by atoms with van der Waals surface area (Å²) in [6.07, 6.45) is 3.93. The van der Waals surface area contributed by atoms with Gasteiger partial charge in [0.2, 0.25) is 0 Å². The number of unbranched alkanes of at least 4 members (excludes halogenated alkanes) is 2. The Bertz CT molecular complexity index is 312. The van der Waals surface area contributed by atoms with Crippen molar-refractivity contribution in [2.24, 2.45) is 0 Å². The molecule has 0 aliphatic carbocycles. The Hall–Kier alpha value is 0.140. The topological polar surface area (TPSA) is 20.2 Å². The van der Waals surface area contributed by atoms with Gasteiger partial charge in [-0.2, -0.15) is 0 Å². The molecule has 0 aliphatic rings. The Morgan fingerprint density at radius 2 is 2.00 bits per heavy atom. The first-order chi connectivity index (χ1) is 7.16. The van der Waals surface area contributed by atoms with Crippen molar-refractivity contribution >= 4 is 31.9 Å². The van der Waals surface area contributed by atoms with Crippen molar-refractivity contribution in [2.75, 3.05) is 0 Å². The van der Waals surface area contributed by atoms with Crippen LogP contribution >= 0.6 is 31.9 Å². The van der Waals surface area contributed by atoms with Gasteiger partial charge >= 0.3 is 0 Å². The minimum Gasteiger partial charge on any atom is -0.388 e. The molecule has 1 unspecified atom stereocenters. The fraction of sp³-hybridized carbons (Fsp3) is 0.500. The highest BCUT2D eigenvalue weighted by Gasteiger charge is 2.12. The van der Waals surface area contributed by atoms with Crippen LogP contribution in [0.15, 0.2) is 27.1 Å². The van der Waals surface area contributed by atoms with E-state index in [1.54, 1.807) is 0 Å². The zero-order valence-corrected chi connectivity index (χ0v) is 12.0. The van der Waals surface area contributed by atoms with E-state index in [0.717, 1.165) is 27.4 Å². The zero-order chi connectivity index (χ0) is 11.3. The minimum atomic E-state index is -0.358. The second-order valence-electron chi connectivity index (χ2n) is 3.65. The third-order valence-corrected chi connectivity index (χ3v) is 4.50. The number of aliphatic hydroxyl groups excluding tert-OH is 1. The van der Waals surface area contributed by atoms with Crippen molar-refractivity contribution in [1.82, 2.24) is 0 Å². The standard InChI is InChI=1S/C12H16Br2O/c1-2-3-4-8-11(15)9-6-5-7-10(13)12(9)14/h5-7,11,15H,2-4,8H2,1H3. The monoisotopic (exact) mass is 334 g/mol. The molecule has 1 rings (SSSR count). The predicted octanol–water partition coefficient (Wildman–Crippen LogP) is 4.83. The Balaban J connectivity index is 2.65. The summed E-state index contributed by atoms with van der Waals surface area (Å²) >= 11 is 6.92. The Morgan fingerprint density at radius 3 is 2.67 bits per heavy atom. The van der Waals surface area contributed by atoms with Crippen LogP contribution in [0.1, 0.15) is 44.3 Å². The van der Waals surface area contributed by atoms with E-state index in [9.17, 15) is 5.11 Å². The van der Waals surface area contributed by atoms with E-state index < -0.39 is 0 Å². The third-order valence-electron chi connectivity index (χ3n) is 2.42. The molecular formula is C12H16Br2O. The molecule has 0 fully saturated rings. The first kappa shape index (κ1) is 13.2. The number of hydrogen-bond acceptors (Lipinski definition) is 1. The third kappa shape index (κ3) is 3.89. The molecule has 15 heavy (non-hydrogen) atoms. The second kappa shape index (κ2) is 6.66. The summed E-state index contributed by atoms with van der Waals surface area (Å²) in [6.45, 7) is 2.17. The van der Waals surface area contributed by atoms with Gasteiger partial charge in [0.1, 0.15) is 0 Å². The van der Waals surface area contributed by atoms with E-state index in [0.29, 0.717) is 0 Å². The maximum atomic E-state index is 10.0. The number of aliphatic hydroxyl groups is 1. The quantitative estimate of drug-likeness (QED) is 0.764. The summed E-state index contributed by atoms with van der Waals surface area (Å²) in [5.74, 6) is 0. The largest absolute Gasteiger partial charge is 0.388 e. The molecule has 0 amide bonds. The fourth-order valence-electron chi connectivity index (χ4n) is 1.52. The van der Waals surface area contributed by atoms with Gasteiger partial charge in [0.25, 0.3) is 0 Å². The van der Waals surface area contributed by atoms with E-state index in [4.69, 9.17) is 0 Å². The molecule has 1 N–H and O–H groups in total. The smallest absolute Gasteiger partial charge is 0.0801 e. The summed E-state index contributed by atoms with van der Waals surface area (Å²) in [4.78, 5) is 0. The van der Waals surface area contributed by atoms with Crippen LogP contribution in [0.3, 0.4) is 0 Å². The van der Waals surface area contributed by atoms with E-state index in [2.05, 4.69) is 38.8 Å². The number of hydrogen-bond donors (Lipinski definition) is 1. The van der Waals surface area contributed by atoms with Gasteiger partial charge in [0.05, 0.1) is 6.10 Å². The highest BCUT2D eigenvalue weighted by molar-refractivity contribution is 9.13. The van der Waals surface area contributed by atoms with Crippen molar-refractivity contribution in [3.63, 3.8) is 0 Å². The highest BCUT2D eigenvalue weighted by Crippen LogP contribution is 2.32. The van der Waals surface area contributed by atoms with E-state index in [-0.39, 0.29) is 6.10 Å². The van der Waals surface area contributed by atoms with Crippen molar-refractivity contribution in [3.8, 4) is 0 Å². The van der Waals surface area contributed by atoms with Crippen molar-refractivity contribution in [1.29, 1.82) is 0 Å². The lowest BCUT2D eigenvalue weighted by molar-refractivity contribution is 0.163. The van der Waals surface area contributed by atoms with Crippen LogP contribution in [0.2, 0.25) is 0 Å². The second-order valence-corrected chi connectivity index (χ2v) is 5.30. The molecular weight excluding hydrogens is 320 g/mol. The molecule has 0 heterocycles. The highest BCUT2D eigenvalue weighted by atomic mass is 79.9. The van der Waals surface area contributed by atoms with Crippen LogP contribution in [0.5, 0.6) is 0 Å². The molecule has 84 valence electrons. The van der Waals surface area contributed by atoms with Gasteiger partial charge in [-0.15, -0.1) is 0 Å². The maximum Gasteiger partial charge on any atom is 0.0801 e. The molecule has 0 aromatic heterocycles.